The van der Waals surface area contributed by atoms with Crippen LogP contribution in [0.25, 0.3) is 0 Å². The van der Waals surface area contributed by atoms with E-state index in [1.165, 1.54) is 32.1 Å². The topological polar surface area (TPSA) is 65.0 Å². The first-order valence-electron chi connectivity index (χ1n) is 13.8. The first-order valence-corrected chi connectivity index (χ1v) is 13.8. The molecule has 194 valence electrons. The molecule has 5 nitrogen and oxygen atoms in total. The minimum atomic E-state index is -0.417. The molecule has 1 aliphatic heterocycles. The molecule has 0 aromatic rings. The Bertz CT molecular complexity index is 825. The Kier molecular flexibility index (Phi) is 5.83. The summed E-state index contributed by atoms with van der Waals surface area (Å²) in [6.45, 7) is 16.0. The van der Waals surface area contributed by atoms with E-state index in [9.17, 15) is 9.90 Å². The number of hydrogen-bond donors (Lipinski definition) is 1. The van der Waals surface area contributed by atoms with Crippen molar-refractivity contribution in [2.75, 3.05) is 7.11 Å². The molecule has 5 rings (SSSR count). The van der Waals surface area contributed by atoms with Gasteiger partial charge in [0.2, 0.25) is 0 Å². The average molecular weight is 477 g/mol. The number of esters is 1. The van der Waals surface area contributed by atoms with E-state index in [1.807, 2.05) is 0 Å². The number of ether oxygens (including phenoxy) is 3. The molecule has 34 heavy (non-hydrogen) atoms. The SMILES string of the molecule is COC1OC(C)C2C(O)CC3C4(C)CCC5C(C)(C)CCCC5(C)C4CC(OC(C)=O)C3(C)C12. The number of carbonyl (C=O) groups is 1. The van der Waals surface area contributed by atoms with Crippen molar-refractivity contribution in [1.29, 1.82) is 0 Å². The molecule has 0 amide bonds. The van der Waals surface area contributed by atoms with Crippen molar-refractivity contribution >= 4 is 5.97 Å². The summed E-state index contributed by atoms with van der Waals surface area (Å²) in [6, 6.07) is 0. The summed E-state index contributed by atoms with van der Waals surface area (Å²) in [5.41, 5.74) is 0.384. The van der Waals surface area contributed by atoms with E-state index in [-0.39, 0.29) is 58.5 Å². The number of hydrogen-bond acceptors (Lipinski definition) is 5. The second kappa shape index (κ2) is 7.92. The summed E-state index contributed by atoms with van der Waals surface area (Å²) in [4.78, 5) is 12.5. The predicted molar refractivity (Wildman–Crippen MR) is 131 cm³/mol. The third kappa shape index (κ3) is 3.18. The van der Waals surface area contributed by atoms with Gasteiger partial charge in [0.1, 0.15) is 6.10 Å². The largest absolute Gasteiger partial charge is 0.462 e. The zero-order chi connectivity index (χ0) is 24.8. The summed E-state index contributed by atoms with van der Waals surface area (Å²) in [7, 11) is 1.71. The van der Waals surface area contributed by atoms with Crippen LogP contribution in [0.5, 0.6) is 0 Å². The van der Waals surface area contributed by atoms with E-state index in [0.717, 1.165) is 12.8 Å². The van der Waals surface area contributed by atoms with Gasteiger partial charge in [-0.25, -0.2) is 0 Å². The molecule has 5 fully saturated rings. The van der Waals surface area contributed by atoms with E-state index in [0.29, 0.717) is 17.3 Å². The third-order valence-corrected chi connectivity index (χ3v) is 12.3. The lowest BCUT2D eigenvalue weighted by Gasteiger charge is -2.71. The molecule has 1 heterocycles. The van der Waals surface area contributed by atoms with Crippen molar-refractivity contribution in [3.05, 3.63) is 0 Å². The first-order chi connectivity index (χ1) is 15.8. The maximum atomic E-state index is 12.5. The normalized spacial score (nSPS) is 56.0. The van der Waals surface area contributed by atoms with E-state index in [4.69, 9.17) is 14.2 Å². The maximum Gasteiger partial charge on any atom is 0.302 e. The molecule has 1 saturated heterocycles. The fourth-order valence-electron chi connectivity index (χ4n) is 11.1. The lowest BCUT2D eigenvalue weighted by Crippen LogP contribution is -2.69. The Morgan fingerprint density at radius 1 is 0.971 bits per heavy atom. The quantitative estimate of drug-likeness (QED) is 0.527. The molecule has 0 aromatic carbocycles. The van der Waals surface area contributed by atoms with Gasteiger partial charge < -0.3 is 19.3 Å². The van der Waals surface area contributed by atoms with Crippen LogP contribution in [-0.4, -0.2) is 42.8 Å². The molecular formula is C29H48O5. The Morgan fingerprint density at radius 2 is 1.65 bits per heavy atom. The van der Waals surface area contributed by atoms with Crippen LogP contribution in [0.3, 0.4) is 0 Å². The second-order valence-electron chi connectivity index (χ2n) is 14.1. The van der Waals surface area contributed by atoms with Gasteiger partial charge in [0.15, 0.2) is 6.29 Å². The summed E-state index contributed by atoms with van der Waals surface area (Å²) >= 11 is 0. The second-order valence-corrected chi connectivity index (χ2v) is 14.1. The van der Waals surface area contributed by atoms with Crippen molar-refractivity contribution in [3.8, 4) is 0 Å². The van der Waals surface area contributed by atoms with E-state index in [1.54, 1.807) is 14.0 Å². The van der Waals surface area contributed by atoms with Crippen molar-refractivity contribution in [3.63, 3.8) is 0 Å². The van der Waals surface area contributed by atoms with Gasteiger partial charge in [-0.1, -0.05) is 41.0 Å². The molecule has 12 unspecified atom stereocenters. The van der Waals surface area contributed by atoms with E-state index < -0.39 is 6.10 Å². The summed E-state index contributed by atoms with van der Waals surface area (Å²) < 4.78 is 18.4. The molecule has 0 bridgehead atoms. The molecular weight excluding hydrogens is 428 g/mol. The van der Waals surface area contributed by atoms with Crippen LogP contribution in [0.4, 0.5) is 0 Å². The highest BCUT2D eigenvalue weighted by Crippen LogP contribution is 2.74. The number of rotatable bonds is 2. The Hall–Kier alpha value is -0.650. The van der Waals surface area contributed by atoms with Gasteiger partial charge in [-0.2, -0.15) is 0 Å². The van der Waals surface area contributed by atoms with Gasteiger partial charge in [-0.3, -0.25) is 4.79 Å². The van der Waals surface area contributed by atoms with E-state index in [2.05, 4.69) is 41.5 Å². The van der Waals surface area contributed by atoms with Gasteiger partial charge in [-0.15, -0.1) is 0 Å². The lowest BCUT2D eigenvalue weighted by molar-refractivity contribution is -0.278. The fraction of sp³-hybridized carbons (Fsp3) is 0.966. The third-order valence-electron chi connectivity index (χ3n) is 12.3. The number of methoxy groups -OCH3 is 1. The predicted octanol–water partition coefficient (Wildman–Crippen LogP) is 5.58. The molecule has 5 aliphatic rings. The molecule has 5 heteroatoms. The van der Waals surface area contributed by atoms with Crippen molar-refractivity contribution in [2.24, 2.45) is 51.2 Å². The Balaban J connectivity index is 1.64. The Labute approximate surface area is 206 Å². The van der Waals surface area contributed by atoms with Gasteiger partial charge in [0, 0.05) is 31.3 Å². The highest BCUT2D eigenvalue weighted by molar-refractivity contribution is 5.66. The van der Waals surface area contributed by atoms with E-state index >= 15 is 0 Å². The van der Waals surface area contributed by atoms with Crippen molar-refractivity contribution < 1.29 is 24.1 Å². The summed E-state index contributed by atoms with van der Waals surface area (Å²) in [6.07, 6.45) is 6.91. The zero-order valence-corrected chi connectivity index (χ0v) is 22.7. The minimum absolute atomic E-state index is 0.00458. The number of aliphatic hydroxyl groups excluding tert-OH is 1. The summed E-state index contributed by atoms with van der Waals surface area (Å²) in [5.74, 6) is 1.25. The highest BCUT2D eigenvalue weighted by Gasteiger charge is 2.73. The number of fused-ring (bicyclic) bond motifs is 7. The van der Waals surface area contributed by atoms with Gasteiger partial charge in [-0.05, 0) is 79.4 Å². The molecule has 0 aromatic heterocycles. The van der Waals surface area contributed by atoms with Crippen LogP contribution < -0.4 is 0 Å². The lowest BCUT2D eigenvalue weighted by atomic mass is 9.34. The molecule has 1 N–H and O–H groups in total. The van der Waals surface area contributed by atoms with Crippen LogP contribution >= 0.6 is 0 Å². The van der Waals surface area contributed by atoms with Crippen LogP contribution in [-0.2, 0) is 19.0 Å². The van der Waals surface area contributed by atoms with Crippen LogP contribution in [0, 0.1) is 51.2 Å². The van der Waals surface area contributed by atoms with Crippen LogP contribution in [0.2, 0.25) is 0 Å². The molecule has 12 atom stereocenters. The van der Waals surface area contributed by atoms with Crippen LogP contribution in [0.15, 0.2) is 0 Å². The zero-order valence-electron chi connectivity index (χ0n) is 22.7. The smallest absolute Gasteiger partial charge is 0.302 e. The molecule has 4 aliphatic carbocycles. The standard InChI is InChI=1S/C29H48O5/c1-16-23-18(31)14-21-28(6)13-10-19-26(3,4)11-9-12-27(19,5)20(28)15-22(34-17(2)30)29(21,7)24(23)25(32-8)33-16/h16,18-25,31H,9-15H2,1-8H3. The van der Waals surface area contributed by atoms with Gasteiger partial charge >= 0.3 is 5.97 Å². The fourth-order valence-corrected chi connectivity index (χ4v) is 11.1. The van der Waals surface area contributed by atoms with Crippen molar-refractivity contribution in [2.45, 2.75) is 118 Å². The first kappa shape index (κ1) is 25.0. The minimum Gasteiger partial charge on any atom is -0.462 e. The number of aliphatic hydroxyl groups is 1. The molecule has 4 saturated carbocycles. The van der Waals surface area contributed by atoms with Gasteiger partial charge in [0.05, 0.1) is 12.2 Å². The van der Waals surface area contributed by atoms with Crippen LogP contribution in [0.1, 0.15) is 93.4 Å². The monoisotopic (exact) mass is 476 g/mol. The highest BCUT2D eigenvalue weighted by atomic mass is 16.7. The van der Waals surface area contributed by atoms with Crippen molar-refractivity contribution in [1.82, 2.24) is 0 Å². The molecule has 0 spiro atoms. The maximum absolute atomic E-state index is 12.5. The van der Waals surface area contributed by atoms with Gasteiger partial charge in [0.25, 0.3) is 0 Å². The number of carbonyl (C=O) groups excluding carboxylic acids is 1. The average Bonchev–Trinajstić information content (AvgIpc) is 3.08. The Morgan fingerprint density at radius 3 is 2.29 bits per heavy atom. The summed E-state index contributed by atoms with van der Waals surface area (Å²) in [5, 5.41) is 11.5. The molecule has 0 radical (unpaired) electrons.